The van der Waals surface area contributed by atoms with E-state index in [4.69, 9.17) is 0 Å². The molecule has 0 aromatic rings. The average Bonchev–Trinajstić information content (AvgIpc) is 3.13. The van der Waals surface area contributed by atoms with Crippen molar-refractivity contribution in [2.45, 2.75) is 78.1 Å². The lowest BCUT2D eigenvalue weighted by atomic mass is 9.81. The van der Waals surface area contributed by atoms with Gasteiger partial charge in [0.2, 0.25) is 11.8 Å². The molecule has 4 amide bonds. The van der Waals surface area contributed by atoms with Crippen LogP contribution in [0.5, 0.6) is 0 Å². The molecule has 0 aromatic carbocycles. The highest BCUT2D eigenvalue weighted by atomic mass is 16.2. The Labute approximate surface area is 198 Å². The third kappa shape index (κ3) is 7.41. The van der Waals surface area contributed by atoms with E-state index >= 15 is 0 Å². The number of hydrogen-bond donors (Lipinski definition) is 1. The molecule has 0 radical (unpaired) electrons. The van der Waals surface area contributed by atoms with Crippen LogP contribution in [0.1, 0.15) is 78.1 Å². The van der Waals surface area contributed by atoms with E-state index < -0.39 is 0 Å². The van der Waals surface area contributed by atoms with Crippen LogP contribution in [0, 0.1) is 23.7 Å². The van der Waals surface area contributed by atoms with Crippen molar-refractivity contribution >= 4 is 23.6 Å². The minimum Gasteiger partial charge on any atom is -0.356 e. The Morgan fingerprint density at radius 2 is 1.58 bits per heavy atom. The highest BCUT2D eigenvalue weighted by Gasteiger charge is 2.31. The van der Waals surface area contributed by atoms with Gasteiger partial charge < -0.3 is 10.2 Å². The van der Waals surface area contributed by atoms with Crippen LogP contribution in [-0.4, -0.2) is 59.6 Å². The summed E-state index contributed by atoms with van der Waals surface area (Å²) in [5, 5.41) is 3.06. The van der Waals surface area contributed by atoms with Gasteiger partial charge in [-0.25, -0.2) is 0 Å². The van der Waals surface area contributed by atoms with Gasteiger partial charge in [0.1, 0.15) is 0 Å². The number of hydrogen-bond acceptors (Lipinski definition) is 4. The Bertz CT molecular complexity index is 714. The summed E-state index contributed by atoms with van der Waals surface area (Å²) in [7, 11) is 0. The Hall–Kier alpha value is -2.18. The molecule has 0 aromatic heterocycles. The normalized spacial score (nSPS) is 24.1. The van der Waals surface area contributed by atoms with Crippen molar-refractivity contribution in [1.29, 1.82) is 0 Å². The third-order valence-electron chi connectivity index (χ3n) is 7.76. The van der Waals surface area contributed by atoms with Gasteiger partial charge in [0.05, 0.1) is 0 Å². The molecule has 1 saturated heterocycles. The van der Waals surface area contributed by atoms with E-state index in [-0.39, 0.29) is 35.5 Å². The first-order chi connectivity index (χ1) is 15.8. The summed E-state index contributed by atoms with van der Waals surface area (Å²) < 4.78 is 0. The van der Waals surface area contributed by atoms with Gasteiger partial charge in [-0.2, -0.15) is 0 Å². The molecule has 2 aliphatic heterocycles. The van der Waals surface area contributed by atoms with Crippen LogP contribution in [0.2, 0.25) is 0 Å². The zero-order chi connectivity index (χ0) is 23.8. The molecule has 7 heteroatoms. The molecule has 0 spiro atoms. The number of amides is 4. The van der Waals surface area contributed by atoms with Crippen LogP contribution < -0.4 is 5.32 Å². The number of unbranched alkanes of at least 4 members (excludes halogenated alkanes) is 2. The SMILES string of the molecule is CC(C)C1CCN(C(=O)CCCCCNC(=O)C2CCC(CN3C(=O)C=CC3=O)CC2)CC1. The summed E-state index contributed by atoms with van der Waals surface area (Å²) in [6.07, 6.45) is 11.6. The van der Waals surface area contributed by atoms with Crippen molar-refractivity contribution in [1.82, 2.24) is 15.1 Å². The summed E-state index contributed by atoms with van der Waals surface area (Å²) >= 11 is 0. The van der Waals surface area contributed by atoms with Crippen molar-refractivity contribution in [2.75, 3.05) is 26.2 Å². The van der Waals surface area contributed by atoms with Gasteiger partial charge in [-0.05, 0) is 69.1 Å². The molecule has 33 heavy (non-hydrogen) atoms. The number of nitrogens with one attached hydrogen (secondary N) is 1. The molecule has 184 valence electrons. The Morgan fingerprint density at radius 3 is 2.18 bits per heavy atom. The first-order valence-electron chi connectivity index (χ1n) is 12.9. The fourth-order valence-corrected chi connectivity index (χ4v) is 5.38. The third-order valence-corrected chi connectivity index (χ3v) is 7.76. The second-order valence-electron chi connectivity index (χ2n) is 10.4. The lowest BCUT2D eigenvalue weighted by Crippen LogP contribution is -2.39. The smallest absolute Gasteiger partial charge is 0.253 e. The fraction of sp³-hybridized carbons (Fsp3) is 0.769. The number of rotatable bonds is 10. The molecule has 1 aliphatic carbocycles. The number of piperidine rings is 1. The van der Waals surface area contributed by atoms with Crippen molar-refractivity contribution in [3.63, 3.8) is 0 Å². The first kappa shape index (κ1) is 25.4. The fourth-order valence-electron chi connectivity index (χ4n) is 5.38. The first-order valence-corrected chi connectivity index (χ1v) is 12.9. The van der Waals surface area contributed by atoms with E-state index in [0.29, 0.717) is 25.4 Å². The van der Waals surface area contributed by atoms with Gasteiger partial charge in [0.25, 0.3) is 11.8 Å². The van der Waals surface area contributed by atoms with E-state index in [9.17, 15) is 19.2 Å². The molecule has 0 unspecified atom stereocenters. The Balaban J connectivity index is 1.21. The van der Waals surface area contributed by atoms with E-state index in [1.807, 2.05) is 4.90 Å². The molecule has 0 atom stereocenters. The highest BCUT2D eigenvalue weighted by molar-refractivity contribution is 6.12. The number of carbonyl (C=O) groups excluding carboxylic acids is 4. The minimum atomic E-state index is -0.225. The second kappa shape index (κ2) is 12.3. The van der Waals surface area contributed by atoms with E-state index in [0.717, 1.165) is 76.8 Å². The van der Waals surface area contributed by atoms with Crippen LogP contribution in [0.4, 0.5) is 0 Å². The summed E-state index contributed by atoms with van der Waals surface area (Å²) in [4.78, 5) is 51.6. The van der Waals surface area contributed by atoms with Gasteiger partial charge >= 0.3 is 0 Å². The zero-order valence-corrected chi connectivity index (χ0v) is 20.4. The van der Waals surface area contributed by atoms with Crippen LogP contribution in [-0.2, 0) is 19.2 Å². The van der Waals surface area contributed by atoms with Gasteiger partial charge in [0, 0.05) is 50.7 Å². The number of likely N-dealkylation sites (tertiary alicyclic amines) is 1. The van der Waals surface area contributed by atoms with Crippen LogP contribution >= 0.6 is 0 Å². The quantitative estimate of drug-likeness (QED) is 0.401. The maximum atomic E-state index is 12.5. The summed E-state index contributed by atoms with van der Waals surface area (Å²) in [5.74, 6) is 1.73. The predicted molar refractivity (Wildman–Crippen MR) is 127 cm³/mol. The lowest BCUT2D eigenvalue weighted by Gasteiger charge is -2.34. The summed E-state index contributed by atoms with van der Waals surface area (Å²) in [6.45, 7) is 7.48. The molecule has 0 bridgehead atoms. The molecule has 1 saturated carbocycles. The maximum Gasteiger partial charge on any atom is 0.253 e. The van der Waals surface area contributed by atoms with E-state index in [1.54, 1.807) is 0 Å². The molecule has 2 fully saturated rings. The van der Waals surface area contributed by atoms with E-state index in [1.165, 1.54) is 17.1 Å². The standard InChI is InChI=1S/C26H41N3O4/c1-19(2)21-13-16-28(17-14-21)23(30)6-4-3-5-15-27-26(33)22-9-7-20(8-10-22)18-29-24(31)11-12-25(29)32/h11-12,19-22H,3-10,13-18H2,1-2H3,(H,27,33). The van der Waals surface area contributed by atoms with Crippen molar-refractivity contribution in [2.24, 2.45) is 23.7 Å². The van der Waals surface area contributed by atoms with E-state index in [2.05, 4.69) is 19.2 Å². The van der Waals surface area contributed by atoms with Crippen LogP contribution in [0.15, 0.2) is 12.2 Å². The second-order valence-corrected chi connectivity index (χ2v) is 10.4. The summed E-state index contributed by atoms with van der Waals surface area (Å²) in [5.41, 5.74) is 0. The van der Waals surface area contributed by atoms with Gasteiger partial charge in [0.15, 0.2) is 0 Å². The molecule has 2 heterocycles. The zero-order valence-electron chi connectivity index (χ0n) is 20.4. The monoisotopic (exact) mass is 459 g/mol. The molecular formula is C26H41N3O4. The van der Waals surface area contributed by atoms with Gasteiger partial charge in [-0.15, -0.1) is 0 Å². The van der Waals surface area contributed by atoms with Crippen LogP contribution in [0.25, 0.3) is 0 Å². The predicted octanol–water partition coefficient (Wildman–Crippen LogP) is 3.29. The molecule has 7 nitrogen and oxygen atoms in total. The lowest BCUT2D eigenvalue weighted by molar-refractivity contribution is -0.138. The Kier molecular flexibility index (Phi) is 9.51. The highest BCUT2D eigenvalue weighted by Crippen LogP contribution is 2.30. The van der Waals surface area contributed by atoms with Gasteiger partial charge in [-0.1, -0.05) is 20.3 Å². The maximum absolute atomic E-state index is 12.5. The largest absolute Gasteiger partial charge is 0.356 e. The Morgan fingerprint density at radius 1 is 0.939 bits per heavy atom. The molecular weight excluding hydrogens is 418 g/mol. The molecule has 3 aliphatic rings. The minimum absolute atomic E-state index is 0.0275. The average molecular weight is 460 g/mol. The van der Waals surface area contributed by atoms with Gasteiger partial charge in [-0.3, -0.25) is 24.1 Å². The molecule has 3 rings (SSSR count). The number of imide groups is 1. The van der Waals surface area contributed by atoms with Crippen molar-refractivity contribution in [3.05, 3.63) is 12.2 Å². The number of carbonyl (C=O) groups is 4. The topological polar surface area (TPSA) is 86.8 Å². The van der Waals surface area contributed by atoms with Crippen molar-refractivity contribution < 1.29 is 19.2 Å². The summed E-state index contributed by atoms with van der Waals surface area (Å²) in [6, 6.07) is 0. The number of nitrogens with zero attached hydrogens (tertiary/aromatic N) is 2. The van der Waals surface area contributed by atoms with Crippen molar-refractivity contribution in [3.8, 4) is 0 Å². The molecule has 1 N–H and O–H groups in total. The van der Waals surface area contributed by atoms with Crippen LogP contribution in [0.3, 0.4) is 0 Å².